The Morgan fingerprint density at radius 1 is 1.00 bits per heavy atom. The van der Waals surface area contributed by atoms with Crippen molar-refractivity contribution in [1.29, 1.82) is 0 Å². The minimum Gasteiger partial charge on any atom is -0.496 e. The lowest BCUT2D eigenvalue weighted by atomic mass is 10.0. The van der Waals surface area contributed by atoms with Crippen LogP contribution in [-0.2, 0) is 22.1 Å². The van der Waals surface area contributed by atoms with Gasteiger partial charge in [-0.2, -0.15) is 13.2 Å². The highest BCUT2D eigenvalue weighted by molar-refractivity contribution is 5.89. The van der Waals surface area contributed by atoms with Gasteiger partial charge in [0, 0.05) is 24.2 Å². The van der Waals surface area contributed by atoms with Crippen molar-refractivity contribution < 1.29 is 37.3 Å². The highest BCUT2D eigenvalue weighted by atomic mass is 35.5. The van der Waals surface area contributed by atoms with Crippen molar-refractivity contribution >= 4 is 30.4 Å². The molecule has 0 aliphatic carbocycles. The second kappa shape index (κ2) is 16.9. The fraction of sp³-hybridized carbons (Fsp3) is 0.241. The van der Waals surface area contributed by atoms with Gasteiger partial charge in [0.15, 0.2) is 0 Å². The topological polar surface area (TPSA) is 84.9 Å². The molecule has 0 fully saturated rings. The van der Waals surface area contributed by atoms with E-state index in [9.17, 15) is 22.8 Å². The maximum atomic E-state index is 12.7. The number of carbonyl (C=O) groups excluding carboxylic acids is 1. The summed E-state index contributed by atoms with van der Waals surface area (Å²) in [4.78, 5) is 22.0. The minimum absolute atomic E-state index is 0. The van der Waals surface area contributed by atoms with Crippen molar-refractivity contribution in [2.45, 2.75) is 25.6 Å². The molecule has 0 amide bonds. The van der Waals surface area contributed by atoms with Crippen LogP contribution in [0.2, 0.25) is 0 Å². The van der Waals surface area contributed by atoms with Gasteiger partial charge in [-0.25, -0.2) is 9.59 Å². The number of hydrogen-bond donors (Lipinski definition) is 2. The Hall–Kier alpha value is -3.82. The van der Waals surface area contributed by atoms with Crippen molar-refractivity contribution in [2.75, 3.05) is 20.3 Å². The predicted octanol–water partition coefficient (Wildman–Crippen LogP) is 6.30. The minimum atomic E-state index is -4.34. The third kappa shape index (κ3) is 12.5. The Kier molecular flexibility index (Phi) is 14.4. The summed E-state index contributed by atoms with van der Waals surface area (Å²) < 4.78 is 48.3. The molecule has 0 aromatic heterocycles. The average Bonchev–Trinajstić information content (AvgIpc) is 2.90. The van der Waals surface area contributed by atoms with Gasteiger partial charge in [0.2, 0.25) is 0 Å². The molecule has 2 N–H and O–H groups in total. The van der Waals surface area contributed by atoms with Crippen LogP contribution in [0.1, 0.15) is 34.0 Å². The summed E-state index contributed by atoms with van der Waals surface area (Å²) in [6.07, 6.45) is -1.30. The largest absolute Gasteiger partial charge is 0.496 e. The number of halogens is 4. The molecule has 3 rings (SSSR count). The smallest absolute Gasteiger partial charge is 0.416 e. The molecule has 1 unspecified atom stereocenters. The number of benzene rings is 3. The van der Waals surface area contributed by atoms with Crippen molar-refractivity contribution in [3.05, 3.63) is 107 Å². The molecule has 0 aliphatic rings. The normalized spacial score (nSPS) is 11.5. The monoisotopic (exact) mass is 565 g/mol. The lowest BCUT2D eigenvalue weighted by Crippen LogP contribution is -2.31. The molecule has 1 atom stereocenters. The van der Waals surface area contributed by atoms with Crippen LogP contribution in [0.5, 0.6) is 5.75 Å². The van der Waals surface area contributed by atoms with Crippen molar-refractivity contribution in [3.63, 3.8) is 0 Å². The highest BCUT2D eigenvalue weighted by Crippen LogP contribution is 2.29. The molecule has 0 spiro atoms. The van der Waals surface area contributed by atoms with E-state index in [0.29, 0.717) is 29.8 Å². The number of carboxylic acid groups (broad SMARTS) is 1. The van der Waals surface area contributed by atoms with E-state index in [0.717, 1.165) is 23.8 Å². The molecule has 10 heteroatoms. The standard InChI is InChI=1S/C19H20F3NO2.C10H10O3.ClH/c1-14(12-15-6-5-9-17(13-15)19(20,21)22)23-10-11-25-18(24)16-7-3-2-4-8-16;1-13-9-5-3-2-4-8(9)6-7-10(11)12;/h2-9,13-14,23H,10-12H2,1H3;2-7H,1H3,(H,11,12);1H. The molecule has 0 saturated carbocycles. The second-order valence-corrected chi connectivity index (χ2v) is 8.17. The van der Waals surface area contributed by atoms with E-state index in [1.165, 1.54) is 12.1 Å². The van der Waals surface area contributed by atoms with Gasteiger partial charge in [0.1, 0.15) is 12.4 Å². The van der Waals surface area contributed by atoms with Gasteiger partial charge in [-0.3, -0.25) is 0 Å². The summed E-state index contributed by atoms with van der Waals surface area (Å²) in [5, 5.41) is 11.5. The van der Waals surface area contributed by atoms with E-state index in [-0.39, 0.29) is 25.1 Å². The molecular formula is C29H31ClF3NO5. The third-order valence-electron chi connectivity index (χ3n) is 5.18. The van der Waals surface area contributed by atoms with E-state index >= 15 is 0 Å². The number of ether oxygens (including phenoxy) is 2. The SMILES string of the molecule is CC(Cc1cccc(C(F)(F)F)c1)NCCOC(=O)c1ccccc1.COc1ccccc1C=CC(=O)O.Cl. The number of carbonyl (C=O) groups is 2. The molecule has 0 radical (unpaired) electrons. The molecule has 3 aromatic rings. The number of alkyl halides is 3. The molecular weight excluding hydrogens is 535 g/mol. The van der Waals surface area contributed by atoms with Crippen LogP contribution in [-0.4, -0.2) is 43.3 Å². The van der Waals surface area contributed by atoms with Crippen LogP contribution in [0.4, 0.5) is 13.2 Å². The van der Waals surface area contributed by atoms with Gasteiger partial charge >= 0.3 is 18.1 Å². The average molecular weight is 566 g/mol. The first-order chi connectivity index (χ1) is 18.1. The number of nitrogens with one attached hydrogen (secondary N) is 1. The van der Waals surface area contributed by atoms with E-state index in [1.807, 2.05) is 25.1 Å². The summed E-state index contributed by atoms with van der Waals surface area (Å²) in [7, 11) is 1.55. The van der Waals surface area contributed by atoms with Gasteiger partial charge in [-0.1, -0.05) is 54.6 Å². The van der Waals surface area contributed by atoms with Crippen LogP contribution >= 0.6 is 12.4 Å². The van der Waals surface area contributed by atoms with Gasteiger partial charge in [-0.05, 0) is 49.2 Å². The van der Waals surface area contributed by atoms with E-state index in [4.69, 9.17) is 14.6 Å². The Bertz CT molecular complexity index is 1200. The molecule has 0 saturated heterocycles. The first kappa shape index (κ1) is 33.2. The number of rotatable bonds is 10. The predicted molar refractivity (Wildman–Crippen MR) is 146 cm³/mol. The van der Waals surface area contributed by atoms with Crippen molar-refractivity contribution in [3.8, 4) is 5.75 Å². The van der Waals surface area contributed by atoms with Gasteiger partial charge in [0.05, 0.1) is 18.2 Å². The van der Waals surface area contributed by atoms with Gasteiger partial charge in [0.25, 0.3) is 0 Å². The number of methoxy groups -OCH3 is 1. The lowest BCUT2D eigenvalue weighted by molar-refractivity contribution is -0.137. The van der Waals surface area contributed by atoms with E-state index < -0.39 is 23.7 Å². The summed E-state index contributed by atoms with van der Waals surface area (Å²) in [5.74, 6) is -0.696. The van der Waals surface area contributed by atoms with Crippen molar-refractivity contribution in [2.24, 2.45) is 0 Å². The fourth-order valence-electron chi connectivity index (χ4n) is 3.37. The molecule has 0 heterocycles. The molecule has 3 aromatic carbocycles. The maximum absolute atomic E-state index is 12.7. The van der Waals surface area contributed by atoms with Crippen molar-refractivity contribution in [1.82, 2.24) is 5.32 Å². The lowest BCUT2D eigenvalue weighted by Gasteiger charge is -2.15. The Morgan fingerprint density at radius 3 is 2.31 bits per heavy atom. The number of para-hydroxylation sites is 1. The van der Waals surface area contributed by atoms with E-state index in [2.05, 4.69) is 5.32 Å². The van der Waals surface area contributed by atoms with Crippen LogP contribution in [0, 0.1) is 0 Å². The van der Waals surface area contributed by atoms with Crippen LogP contribution in [0.15, 0.2) is 84.9 Å². The maximum Gasteiger partial charge on any atom is 0.416 e. The second-order valence-electron chi connectivity index (χ2n) is 8.17. The van der Waals surface area contributed by atoms with Gasteiger partial charge in [-0.15, -0.1) is 12.4 Å². The van der Waals surface area contributed by atoms with Crippen LogP contribution < -0.4 is 10.1 Å². The quantitative estimate of drug-likeness (QED) is 0.171. The third-order valence-corrected chi connectivity index (χ3v) is 5.18. The molecule has 0 bridgehead atoms. The zero-order valence-corrected chi connectivity index (χ0v) is 22.3. The Morgan fingerprint density at radius 2 is 1.67 bits per heavy atom. The summed E-state index contributed by atoms with van der Waals surface area (Å²) in [6.45, 7) is 2.50. The zero-order chi connectivity index (χ0) is 28.0. The summed E-state index contributed by atoms with van der Waals surface area (Å²) in [6, 6.07) is 21.1. The fourth-order valence-corrected chi connectivity index (χ4v) is 3.37. The number of esters is 1. The molecule has 39 heavy (non-hydrogen) atoms. The van der Waals surface area contributed by atoms with Crippen LogP contribution in [0.3, 0.4) is 0 Å². The number of carboxylic acids is 1. The Labute approximate surface area is 231 Å². The number of aliphatic carboxylic acids is 1. The molecule has 0 aliphatic heterocycles. The summed E-state index contributed by atoms with van der Waals surface area (Å²) >= 11 is 0. The molecule has 6 nitrogen and oxygen atoms in total. The summed E-state index contributed by atoms with van der Waals surface area (Å²) in [5.41, 5.74) is 1.21. The Balaban J connectivity index is 0.000000460. The molecule has 210 valence electrons. The highest BCUT2D eigenvalue weighted by Gasteiger charge is 2.30. The zero-order valence-electron chi connectivity index (χ0n) is 21.5. The first-order valence-corrected chi connectivity index (χ1v) is 11.8. The van der Waals surface area contributed by atoms with Crippen LogP contribution in [0.25, 0.3) is 6.08 Å². The van der Waals surface area contributed by atoms with Gasteiger partial charge < -0.3 is 19.9 Å². The first-order valence-electron chi connectivity index (χ1n) is 11.8. The van der Waals surface area contributed by atoms with E-state index in [1.54, 1.807) is 49.6 Å². The number of hydrogen-bond acceptors (Lipinski definition) is 5.